The number of nitrogens with one attached hydrogen (secondary N) is 1. The van der Waals surface area contributed by atoms with E-state index in [4.69, 9.17) is 0 Å². The predicted octanol–water partition coefficient (Wildman–Crippen LogP) is 2.06. The van der Waals surface area contributed by atoms with Crippen molar-refractivity contribution in [2.45, 2.75) is 51.5 Å². The van der Waals surface area contributed by atoms with Gasteiger partial charge in [-0.2, -0.15) is 0 Å². The summed E-state index contributed by atoms with van der Waals surface area (Å²) in [4.78, 5) is 23.0. The van der Waals surface area contributed by atoms with Crippen LogP contribution in [0.4, 0.5) is 5.82 Å². The van der Waals surface area contributed by atoms with E-state index < -0.39 is 0 Å². The highest BCUT2D eigenvalue weighted by molar-refractivity contribution is 5.76. The average Bonchev–Trinajstić information content (AvgIpc) is 2.44. The molecule has 2 fully saturated rings. The fraction of sp³-hybridized carbons (Fsp3) is 0.688. The highest BCUT2D eigenvalue weighted by Gasteiger charge is 2.25. The normalized spacial score (nSPS) is 20.1. The monoisotopic (exact) mass is 288 g/mol. The van der Waals surface area contributed by atoms with Crippen LogP contribution in [0.15, 0.2) is 12.4 Å². The summed E-state index contributed by atoms with van der Waals surface area (Å²) in [5, 5.41) is 3.14. The average molecular weight is 288 g/mol. The lowest BCUT2D eigenvalue weighted by molar-refractivity contribution is -0.123. The Morgan fingerprint density at radius 3 is 2.67 bits per heavy atom. The second-order valence-corrected chi connectivity index (χ2v) is 6.35. The number of carbonyl (C=O) groups is 1. The summed E-state index contributed by atoms with van der Waals surface area (Å²) in [6.45, 7) is 3.91. The van der Waals surface area contributed by atoms with Crippen LogP contribution in [0.5, 0.6) is 0 Å². The molecule has 114 valence electrons. The van der Waals surface area contributed by atoms with Crippen molar-refractivity contribution in [3.63, 3.8) is 0 Å². The summed E-state index contributed by atoms with van der Waals surface area (Å²) in [7, 11) is 0. The number of nitrogens with zero attached hydrogens (tertiary/aromatic N) is 3. The third kappa shape index (κ3) is 3.71. The molecule has 2 heterocycles. The topological polar surface area (TPSA) is 58.1 Å². The molecule has 5 heteroatoms. The van der Waals surface area contributed by atoms with Crippen molar-refractivity contribution in [2.24, 2.45) is 5.92 Å². The first-order chi connectivity index (χ1) is 10.2. The molecule has 0 atom stereocenters. The number of hydrogen-bond acceptors (Lipinski definition) is 4. The molecule has 0 unspecified atom stereocenters. The van der Waals surface area contributed by atoms with Gasteiger partial charge in [0, 0.05) is 31.7 Å². The molecule has 0 radical (unpaired) electrons. The van der Waals surface area contributed by atoms with Gasteiger partial charge >= 0.3 is 0 Å². The van der Waals surface area contributed by atoms with Gasteiger partial charge in [0.05, 0.1) is 11.9 Å². The zero-order chi connectivity index (χ0) is 14.7. The predicted molar refractivity (Wildman–Crippen MR) is 82.1 cm³/mol. The quantitative estimate of drug-likeness (QED) is 0.921. The Hall–Kier alpha value is -1.65. The minimum Gasteiger partial charge on any atom is -0.355 e. The Bertz CT molecular complexity index is 493. The van der Waals surface area contributed by atoms with Crippen molar-refractivity contribution >= 4 is 11.7 Å². The van der Waals surface area contributed by atoms with E-state index in [0.29, 0.717) is 18.4 Å². The molecule has 21 heavy (non-hydrogen) atoms. The van der Waals surface area contributed by atoms with Gasteiger partial charge in [0.1, 0.15) is 5.82 Å². The molecule has 3 rings (SSSR count). The molecule has 1 amide bonds. The first-order valence-corrected chi connectivity index (χ1v) is 8.03. The largest absolute Gasteiger partial charge is 0.355 e. The molecule has 1 aliphatic carbocycles. The second kappa shape index (κ2) is 6.41. The van der Waals surface area contributed by atoms with Crippen LogP contribution in [0.1, 0.15) is 44.2 Å². The SMILES string of the molecule is Cc1cncc(N2CCC(CC(=O)NC3CCC3)CC2)n1. The summed E-state index contributed by atoms with van der Waals surface area (Å²) < 4.78 is 0. The third-order valence-electron chi connectivity index (χ3n) is 4.63. The van der Waals surface area contributed by atoms with Gasteiger partial charge in [-0.1, -0.05) is 0 Å². The molecule has 1 aromatic rings. The van der Waals surface area contributed by atoms with Crippen LogP contribution in [0.25, 0.3) is 0 Å². The van der Waals surface area contributed by atoms with Crippen molar-refractivity contribution in [1.29, 1.82) is 0 Å². The number of aryl methyl sites for hydroxylation is 1. The highest BCUT2D eigenvalue weighted by Crippen LogP contribution is 2.24. The Balaban J connectivity index is 1.45. The number of rotatable bonds is 4. The number of anilines is 1. The minimum atomic E-state index is 0.244. The van der Waals surface area contributed by atoms with Gasteiger partial charge in [-0.25, -0.2) is 4.98 Å². The number of carbonyl (C=O) groups excluding carboxylic acids is 1. The van der Waals surface area contributed by atoms with Crippen molar-refractivity contribution in [2.75, 3.05) is 18.0 Å². The Kier molecular flexibility index (Phi) is 4.36. The van der Waals surface area contributed by atoms with Crippen LogP contribution in [0, 0.1) is 12.8 Å². The molecular weight excluding hydrogens is 264 g/mol. The summed E-state index contributed by atoms with van der Waals surface area (Å²) in [5.41, 5.74) is 0.953. The molecule has 1 aliphatic heterocycles. The van der Waals surface area contributed by atoms with Crippen LogP contribution in [-0.4, -0.2) is 35.0 Å². The van der Waals surface area contributed by atoms with Crippen molar-refractivity contribution in [1.82, 2.24) is 15.3 Å². The number of amides is 1. The number of aromatic nitrogens is 2. The minimum absolute atomic E-state index is 0.244. The molecule has 5 nitrogen and oxygen atoms in total. The van der Waals surface area contributed by atoms with Gasteiger partial charge in [-0.05, 0) is 44.9 Å². The number of piperidine rings is 1. The van der Waals surface area contributed by atoms with Crippen LogP contribution in [-0.2, 0) is 4.79 Å². The van der Waals surface area contributed by atoms with Crippen molar-refractivity contribution in [3.8, 4) is 0 Å². The smallest absolute Gasteiger partial charge is 0.220 e. The fourth-order valence-electron chi connectivity index (χ4n) is 3.07. The molecule has 1 N–H and O–H groups in total. The summed E-state index contributed by atoms with van der Waals surface area (Å²) >= 11 is 0. The molecule has 1 aromatic heterocycles. The zero-order valence-corrected chi connectivity index (χ0v) is 12.7. The van der Waals surface area contributed by atoms with Gasteiger partial charge in [-0.3, -0.25) is 9.78 Å². The van der Waals surface area contributed by atoms with Gasteiger partial charge in [0.2, 0.25) is 5.91 Å². The van der Waals surface area contributed by atoms with Gasteiger partial charge < -0.3 is 10.2 Å². The van der Waals surface area contributed by atoms with E-state index in [1.54, 1.807) is 6.20 Å². The summed E-state index contributed by atoms with van der Waals surface area (Å²) in [5.74, 6) is 1.72. The van der Waals surface area contributed by atoms with Crippen LogP contribution in [0.2, 0.25) is 0 Å². The first-order valence-electron chi connectivity index (χ1n) is 8.03. The molecule has 0 aromatic carbocycles. The molecule has 0 spiro atoms. The highest BCUT2D eigenvalue weighted by atomic mass is 16.1. The summed E-state index contributed by atoms with van der Waals surface area (Å²) in [6.07, 6.45) is 10.0. The molecule has 1 saturated heterocycles. The fourth-order valence-corrected chi connectivity index (χ4v) is 3.07. The molecular formula is C16H24N4O. The lowest BCUT2D eigenvalue weighted by Crippen LogP contribution is -2.41. The van der Waals surface area contributed by atoms with Crippen LogP contribution >= 0.6 is 0 Å². The van der Waals surface area contributed by atoms with Crippen LogP contribution in [0.3, 0.4) is 0 Å². The number of hydrogen-bond donors (Lipinski definition) is 1. The Morgan fingerprint density at radius 2 is 2.05 bits per heavy atom. The van der Waals surface area contributed by atoms with E-state index in [9.17, 15) is 4.79 Å². The van der Waals surface area contributed by atoms with Crippen molar-refractivity contribution in [3.05, 3.63) is 18.1 Å². The van der Waals surface area contributed by atoms with E-state index in [0.717, 1.165) is 50.3 Å². The van der Waals surface area contributed by atoms with E-state index in [-0.39, 0.29) is 5.91 Å². The second-order valence-electron chi connectivity index (χ2n) is 6.35. The first kappa shape index (κ1) is 14.3. The third-order valence-corrected chi connectivity index (χ3v) is 4.63. The van der Waals surface area contributed by atoms with Gasteiger partial charge in [0.25, 0.3) is 0 Å². The van der Waals surface area contributed by atoms with Gasteiger partial charge in [-0.15, -0.1) is 0 Å². The van der Waals surface area contributed by atoms with Crippen LogP contribution < -0.4 is 10.2 Å². The Labute approximate surface area is 126 Å². The Morgan fingerprint density at radius 1 is 1.29 bits per heavy atom. The zero-order valence-electron chi connectivity index (χ0n) is 12.7. The van der Waals surface area contributed by atoms with Gasteiger partial charge in [0.15, 0.2) is 0 Å². The van der Waals surface area contributed by atoms with E-state index in [2.05, 4.69) is 20.2 Å². The summed E-state index contributed by atoms with van der Waals surface area (Å²) in [6, 6.07) is 0.458. The maximum absolute atomic E-state index is 12.0. The van der Waals surface area contributed by atoms with E-state index >= 15 is 0 Å². The van der Waals surface area contributed by atoms with E-state index in [1.165, 1.54) is 6.42 Å². The maximum atomic E-state index is 12.0. The molecule has 2 aliphatic rings. The lowest BCUT2D eigenvalue weighted by Gasteiger charge is -2.33. The van der Waals surface area contributed by atoms with E-state index in [1.807, 2.05) is 13.1 Å². The standard InChI is InChI=1S/C16H24N4O/c1-12-10-17-11-15(18-12)20-7-5-13(6-8-20)9-16(21)19-14-3-2-4-14/h10-11,13-14H,2-9H2,1H3,(H,19,21). The maximum Gasteiger partial charge on any atom is 0.220 e. The lowest BCUT2D eigenvalue weighted by atomic mass is 9.90. The molecule has 0 bridgehead atoms. The molecule has 1 saturated carbocycles. The van der Waals surface area contributed by atoms with Crippen molar-refractivity contribution < 1.29 is 4.79 Å².